The van der Waals surface area contributed by atoms with Crippen LogP contribution in [-0.2, 0) is 9.53 Å². The van der Waals surface area contributed by atoms with Crippen LogP contribution in [0.2, 0.25) is 0 Å². The van der Waals surface area contributed by atoms with Gasteiger partial charge in [0, 0.05) is 12.6 Å². The molecule has 1 aromatic carbocycles. The van der Waals surface area contributed by atoms with E-state index in [4.69, 9.17) is 4.74 Å². The molecule has 0 fully saturated rings. The van der Waals surface area contributed by atoms with Crippen LogP contribution in [0.5, 0.6) is 0 Å². The standard InChI is InChI=1S/C14H16F3NO3/c1-14(2,3)21-13(20)18(4)10(7-19)8-5-6-9(15)12(17)11(8)16/h5-7,10H,1-4H3. The van der Waals surface area contributed by atoms with Crippen LogP contribution in [0.25, 0.3) is 0 Å². The van der Waals surface area contributed by atoms with Gasteiger partial charge in [-0.2, -0.15) is 0 Å². The first-order valence-electron chi connectivity index (χ1n) is 6.13. The summed E-state index contributed by atoms with van der Waals surface area (Å²) in [6.07, 6.45) is -0.636. The lowest BCUT2D eigenvalue weighted by molar-refractivity contribution is -0.112. The second-order valence-electron chi connectivity index (χ2n) is 5.44. The van der Waals surface area contributed by atoms with E-state index >= 15 is 0 Å². The lowest BCUT2D eigenvalue weighted by Gasteiger charge is -2.28. The number of hydrogen-bond acceptors (Lipinski definition) is 3. The zero-order chi connectivity index (χ0) is 16.4. The zero-order valence-electron chi connectivity index (χ0n) is 12.1. The smallest absolute Gasteiger partial charge is 0.410 e. The fourth-order valence-corrected chi connectivity index (χ4v) is 1.59. The van der Waals surface area contributed by atoms with Crippen molar-refractivity contribution in [2.24, 2.45) is 0 Å². The SMILES string of the molecule is CN(C(=O)OC(C)(C)C)C(C=O)c1ccc(F)c(F)c1F. The quantitative estimate of drug-likeness (QED) is 0.636. The highest BCUT2D eigenvalue weighted by Crippen LogP contribution is 2.25. The lowest BCUT2D eigenvalue weighted by atomic mass is 10.1. The molecule has 0 N–H and O–H groups in total. The normalized spacial score (nSPS) is 12.7. The van der Waals surface area contributed by atoms with Crippen LogP contribution in [0.15, 0.2) is 12.1 Å². The Morgan fingerprint density at radius 3 is 2.29 bits per heavy atom. The second kappa shape index (κ2) is 6.15. The third-order valence-corrected chi connectivity index (χ3v) is 2.61. The monoisotopic (exact) mass is 303 g/mol. The van der Waals surface area contributed by atoms with Crippen molar-refractivity contribution in [1.82, 2.24) is 4.90 Å². The van der Waals surface area contributed by atoms with E-state index in [2.05, 4.69) is 0 Å². The molecule has 0 radical (unpaired) electrons. The molecule has 21 heavy (non-hydrogen) atoms. The number of amides is 1. The van der Waals surface area contributed by atoms with Gasteiger partial charge in [-0.3, -0.25) is 4.90 Å². The molecule has 4 nitrogen and oxygen atoms in total. The molecule has 0 bridgehead atoms. The van der Waals surface area contributed by atoms with Gasteiger partial charge in [-0.25, -0.2) is 18.0 Å². The molecule has 7 heteroatoms. The van der Waals surface area contributed by atoms with Crippen LogP contribution >= 0.6 is 0 Å². The van der Waals surface area contributed by atoms with Crippen molar-refractivity contribution < 1.29 is 27.5 Å². The van der Waals surface area contributed by atoms with Crippen molar-refractivity contribution in [2.75, 3.05) is 7.05 Å². The Kier molecular flexibility index (Phi) is 4.98. The molecule has 1 aromatic rings. The summed E-state index contributed by atoms with van der Waals surface area (Å²) in [5.41, 5.74) is -1.26. The molecule has 0 aliphatic carbocycles. The lowest BCUT2D eigenvalue weighted by Crippen LogP contribution is -2.37. The minimum atomic E-state index is -1.70. The fourth-order valence-electron chi connectivity index (χ4n) is 1.59. The van der Waals surface area contributed by atoms with Gasteiger partial charge in [0.2, 0.25) is 0 Å². The third-order valence-electron chi connectivity index (χ3n) is 2.61. The Balaban J connectivity index is 3.11. The molecule has 1 unspecified atom stereocenters. The number of ether oxygens (including phenoxy) is 1. The molecule has 1 atom stereocenters. The predicted octanol–water partition coefficient (Wildman–Crippen LogP) is 3.21. The minimum absolute atomic E-state index is 0.250. The predicted molar refractivity (Wildman–Crippen MR) is 69.1 cm³/mol. The summed E-state index contributed by atoms with van der Waals surface area (Å²) < 4.78 is 44.9. The van der Waals surface area contributed by atoms with E-state index in [-0.39, 0.29) is 6.29 Å². The highest BCUT2D eigenvalue weighted by molar-refractivity contribution is 5.74. The molecule has 116 valence electrons. The van der Waals surface area contributed by atoms with Crippen LogP contribution in [-0.4, -0.2) is 29.9 Å². The van der Waals surface area contributed by atoms with E-state index in [0.29, 0.717) is 6.07 Å². The van der Waals surface area contributed by atoms with E-state index in [1.54, 1.807) is 20.8 Å². The number of carbonyl (C=O) groups is 2. The van der Waals surface area contributed by atoms with E-state index in [1.807, 2.05) is 0 Å². The molecular formula is C14H16F3NO3. The first-order valence-corrected chi connectivity index (χ1v) is 6.13. The van der Waals surface area contributed by atoms with Crippen molar-refractivity contribution in [2.45, 2.75) is 32.4 Å². The summed E-state index contributed by atoms with van der Waals surface area (Å²) in [5, 5.41) is 0. The summed E-state index contributed by atoms with van der Waals surface area (Å²) in [6, 6.07) is 0.177. The summed E-state index contributed by atoms with van der Waals surface area (Å²) in [5.74, 6) is -4.58. The number of aldehydes is 1. The Morgan fingerprint density at radius 1 is 1.24 bits per heavy atom. The average Bonchev–Trinajstić information content (AvgIpc) is 2.37. The van der Waals surface area contributed by atoms with Gasteiger partial charge in [0.25, 0.3) is 0 Å². The number of carbonyl (C=O) groups excluding carboxylic acids is 2. The van der Waals surface area contributed by atoms with Crippen LogP contribution in [0.4, 0.5) is 18.0 Å². The third kappa shape index (κ3) is 3.96. The molecule has 0 spiro atoms. The summed E-state index contributed by atoms with van der Waals surface area (Å²) in [6.45, 7) is 4.85. The van der Waals surface area contributed by atoms with Gasteiger partial charge in [0.1, 0.15) is 17.9 Å². The number of halogens is 3. The number of likely N-dealkylation sites (N-methyl/N-ethyl adjacent to an activating group) is 1. The maximum absolute atomic E-state index is 13.7. The zero-order valence-corrected chi connectivity index (χ0v) is 12.1. The van der Waals surface area contributed by atoms with Gasteiger partial charge in [-0.05, 0) is 26.8 Å². The maximum Gasteiger partial charge on any atom is 0.410 e. The number of hydrogen-bond donors (Lipinski definition) is 0. The number of nitrogens with zero attached hydrogens (tertiary/aromatic N) is 1. The first-order chi connectivity index (χ1) is 9.58. The van der Waals surface area contributed by atoms with E-state index < -0.39 is 40.8 Å². The molecular weight excluding hydrogens is 287 g/mol. The average molecular weight is 303 g/mol. The molecule has 0 saturated carbocycles. The van der Waals surface area contributed by atoms with Crippen LogP contribution in [0.1, 0.15) is 32.4 Å². The summed E-state index contributed by atoms with van der Waals surface area (Å²) in [4.78, 5) is 23.8. The molecule has 0 saturated heterocycles. The van der Waals surface area contributed by atoms with Crippen molar-refractivity contribution in [3.8, 4) is 0 Å². The fraction of sp³-hybridized carbons (Fsp3) is 0.429. The van der Waals surface area contributed by atoms with Crippen molar-refractivity contribution in [3.05, 3.63) is 35.1 Å². The summed E-state index contributed by atoms with van der Waals surface area (Å²) >= 11 is 0. The van der Waals surface area contributed by atoms with Crippen molar-refractivity contribution >= 4 is 12.4 Å². The Morgan fingerprint density at radius 2 is 1.81 bits per heavy atom. The maximum atomic E-state index is 13.7. The largest absolute Gasteiger partial charge is 0.444 e. The molecule has 1 amide bonds. The van der Waals surface area contributed by atoms with Gasteiger partial charge >= 0.3 is 6.09 Å². The molecule has 0 aromatic heterocycles. The van der Waals surface area contributed by atoms with Crippen LogP contribution < -0.4 is 0 Å². The van der Waals surface area contributed by atoms with Gasteiger partial charge < -0.3 is 9.53 Å². The van der Waals surface area contributed by atoms with Crippen molar-refractivity contribution in [1.29, 1.82) is 0 Å². The van der Waals surface area contributed by atoms with Gasteiger partial charge in [-0.15, -0.1) is 0 Å². The van der Waals surface area contributed by atoms with Gasteiger partial charge in [0.15, 0.2) is 17.5 Å². The molecule has 0 aliphatic heterocycles. The topological polar surface area (TPSA) is 46.6 Å². The minimum Gasteiger partial charge on any atom is -0.444 e. The van der Waals surface area contributed by atoms with Crippen LogP contribution in [0, 0.1) is 17.5 Å². The first kappa shape index (κ1) is 17.0. The highest BCUT2D eigenvalue weighted by atomic mass is 19.2. The molecule has 0 heterocycles. The Hall–Kier alpha value is -2.05. The van der Waals surface area contributed by atoms with E-state index in [1.165, 1.54) is 7.05 Å². The van der Waals surface area contributed by atoms with Gasteiger partial charge in [-0.1, -0.05) is 6.07 Å². The van der Waals surface area contributed by atoms with Gasteiger partial charge in [0.05, 0.1) is 0 Å². The van der Waals surface area contributed by atoms with E-state index in [9.17, 15) is 22.8 Å². The second-order valence-corrected chi connectivity index (χ2v) is 5.44. The van der Waals surface area contributed by atoms with Crippen LogP contribution in [0.3, 0.4) is 0 Å². The van der Waals surface area contributed by atoms with E-state index in [0.717, 1.165) is 11.0 Å². The highest BCUT2D eigenvalue weighted by Gasteiger charge is 2.29. The Bertz CT molecular complexity index is 555. The number of benzene rings is 1. The van der Waals surface area contributed by atoms with Crippen molar-refractivity contribution in [3.63, 3.8) is 0 Å². The molecule has 0 aliphatic rings. The Labute approximate surface area is 120 Å². The molecule has 1 rings (SSSR count). The summed E-state index contributed by atoms with van der Waals surface area (Å²) in [7, 11) is 1.20. The number of rotatable bonds is 3.